The van der Waals surface area contributed by atoms with Gasteiger partial charge in [-0.15, -0.1) is 24.0 Å². The normalized spacial score (nSPS) is 22.6. The third kappa shape index (κ3) is 5.32. The van der Waals surface area contributed by atoms with Gasteiger partial charge in [-0.2, -0.15) is 11.8 Å². The van der Waals surface area contributed by atoms with Crippen LogP contribution in [0.2, 0.25) is 0 Å². The molecule has 1 aliphatic heterocycles. The van der Waals surface area contributed by atoms with Crippen LogP contribution in [0.5, 0.6) is 0 Å². The maximum Gasteiger partial charge on any atom is 0.194 e. The Morgan fingerprint density at radius 2 is 2.19 bits per heavy atom. The highest BCUT2D eigenvalue weighted by molar-refractivity contribution is 14.0. The number of hydrogen-bond donors (Lipinski definition) is 2. The molecule has 2 heterocycles. The summed E-state index contributed by atoms with van der Waals surface area (Å²) in [4.78, 5) is 7.15. The second-order valence-electron chi connectivity index (χ2n) is 7.44. The van der Waals surface area contributed by atoms with Crippen LogP contribution in [-0.2, 0) is 5.60 Å². The largest absolute Gasteiger partial charge is 0.466 e. The summed E-state index contributed by atoms with van der Waals surface area (Å²) >= 11 is 2.16. The molecular weight excluding hydrogens is 461 g/mol. The summed E-state index contributed by atoms with van der Waals surface area (Å²) in [5.74, 6) is 2.63. The molecule has 2 fully saturated rings. The number of furan rings is 1. The van der Waals surface area contributed by atoms with Crippen LogP contribution in [0.3, 0.4) is 0 Å². The van der Waals surface area contributed by atoms with Crippen LogP contribution >= 0.6 is 35.7 Å². The lowest BCUT2D eigenvalue weighted by Gasteiger charge is -2.45. The van der Waals surface area contributed by atoms with Gasteiger partial charge in [-0.05, 0) is 38.8 Å². The lowest BCUT2D eigenvalue weighted by Crippen LogP contribution is -2.53. The Hall–Kier alpha value is -0.410. The number of thioether (sulfide) groups is 1. The van der Waals surface area contributed by atoms with Crippen LogP contribution in [0.1, 0.15) is 51.7 Å². The van der Waals surface area contributed by atoms with Crippen molar-refractivity contribution in [3.05, 3.63) is 24.2 Å². The summed E-state index contributed by atoms with van der Waals surface area (Å²) in [7, 11) is 0. The van der Waals surface area contributed by atoms with E-state index in [9.17, 15) is 5.11 Å². The van der Waals surface area contributed by atoms with Gasteiger partial charge in [0.15, 0.2) is 5.96 Å². The van der Waals surface area contributed by atoms with E-state index < -0.39 is 5.60 Å². The summed E-state index contributed by atoms with van der Waals surface area (Å²) in [6.45, 7) is 7.05. The zero-order valence-electron chi connectivity index (χ0n) is 15.9. The lowest BCUT2D eigenvalue weighted by molar-refractivity contribution is 0.0434. The highest BCUT2D eigenvalue weighted by atomic mass is 127. The molecular formula is C19H32IN3O2S. The number of hydrogen-bond acceptors (Lipinski definition) is 4. The first-order chi connectivity index (χ1) is 12.0. The second kappa shape index (κ2) is 9.68. The van der Waals surface area contributed by atoms with Crippen molar-refractivity contribution in [2.45, 2.75) is 56.3 Å². The Kier molecular flexibility index (Phi) is 8.15. The van der Waals surface area contributed by atoms with Crippen LogP contribution in [0.4, 0.5) is 0 Å². The van der Waals surface area contributed by atoms with E-state index in [1.807, 2.05) is 0 Å². The van der Waals surface area contributed by atoms with Crippen molar-refractivity contribution in [1.29, 1.82) is 0 Å². The predicted molar refractivity (Wildman–Crippen MR) is 120 cm³/mol. The molecule has 1 unspecified atom stereocenters. The third-order valence-electron chi connectivity index (χ3n) is 5.24. The number of nitrogens with one attached hydrogen (secondary N) is 1. The summed E-state index contributed by atoms with van der Waals surface area (Å²) in [5, 5.41) is 14.1. The van der Waals surface area contributed by atoms with Gasteiger partial charge in [0.25, 0.3) is 0 Å². The average molecular weight is 493 g/mol. The maximum atomic E-state index is 10.7. The van der Waals surface area contributed by atoms with Gasteiger partial charge < -0.3 is 19.7 Å². The molecule has 0 bridgehead atoms. The Morgan fingerprint density at radius 3 is 2.85 bits per heavy atom. The summed E-state index contributed by atoms with van der Waals surface area (Å²) in [6, 6.07) is 3.60. The monoisotopic (exact) mass is 493 g/mol. The van der Waals surface area contributed by atoms with E-state index in [1.165, 1.54) is 32.1 Å². The van der Waals surface area contributed by atoms with Crippen molar-refractivity contribution >= 4 is 41.7 Å². The third-order valence-corrected chi connectivity index (χ3v) is 6.77. The van der Waals surface area contributed by atoms with Crippen molar-refractivity contribution < 1.29 is 9.52 Å². The van der Waals surface area contributed by atoms with Gasteiger partial charge in [0.05, 0.1) is 12.8 Å². The molecule has 1 spiro atoms. The van der Waals surface area contributed by atoms with E-state index in [2.05, 4.69) is 28.9 Å². The number of aliphatic hydroxyl groups is 1. The fourth-order valence-electron chi connectivity index (χ4n) is 3.84. The highest BCUT2D eigenvalue weighted by Crippen LogP contribution is 2.42. The van der Waals surface area contributed by atoms with Crippen LogP contribution in [0.25, 0.3) is 0 Å². The summed E-state index contributed by atoms with van der Waals surface area (Å²) < 4.78 is 5.77. The van der Waals surface area contributed by atoms with E-state index >= 15 is 0 Å². The number of aliphatic imine (C=N–C) groups is 1. The van der Waals surface area contributed by atoms with E-state index in [0.717, 1.165) is 31.3 Å². The van der Waals surface area contributed by atoms with Crippen molar-refractivity contribution in [3.63, 3.8) is 0 Å². The fourth-order valence-corrected chi connectivity index (χ4v) is 5.41. The van der Waals surface area contributed by atoms with Crippen molar-refractivity contribution in [1.82, 2.24) is 10.2 Å². The molecule has 1 saturated heterocycles. The SMILES string of the molecule is CCNC(=NCC(C)(O)c1ccco1)N1CCSC2(CCCCC2)C1.I. The minimum atomic E-state index is -1.09. The van der Waals surface area contributed by atoms with E-state index in [-0.39, 0.29) is 24.0 Å². The number of halogens is 1. The van der Waals surface area contributed by atoms with Crippen LogP contribution in [-0.4, -0.2) is 52.6 Å². The molecule has 2 N–H and O–H groups in total. The molecule has 3 rings (SSSR count). The molecule has 7 heteroatoms. The van der Waals surface area contributed by atoms with Gasteiger partial charge >= 0.3 is 0 Å². The fraction of sp³-hybridized carbons (Fsp3) is 0.737. The minimum absolute atomic E-state index is 0. The molecule has 148 valence electrons. The first kappa shape index (κ1) is 21.9. The second-order valence-corrected chi connectivity index (χ2v) is 9.00. The van der Waals surface area contributed by atoms with Gasteiger partial charge in [-0.1, -0.05) is 19.3 Å². The van der Waals surface area contributed by atoms with Gasteiger partial charge in [0, 0.05) is 30.1 Å². The molecule has 1 aromatic rings. The van der Waals surface area contributed by atoms with Crippen molar-refractivity contribution in [2.75, 3.05) is 31.9 Å². The predicted octanol–water partition coefficient (Wildman–Crippen LogP) is 3.82. The van der Waals surface area contributed by atoms with Crippen LogP contribution < -0.4 is 5.32 Å². The smallest absolute Gasteiger partial charge is 0.194 e. The first-order valence-electron chi connectivity index (χ1n) is 9.48. The molecule has 1 aromatic heterocycles. The Labute approximate surface area is 178 Å². The number of nitrogens with zero attached hydrogens (tertiary/aromatic N) is 2. The van der Waals surface area contributed by atoms with E-state index in [1.54, 1.807) is 25.3 Å². The Bertz CT molecular complexity index is 566. The quantitative estimate of drug-likeness (QED) is 0.380. The molecule has 1 saturated carbocycles. The number of guanidine groups is 1. The average Bonchev–Trinajstić information content (AvgIpc) is 3.15. The zero-order chi connectivity index (χ0) is 17.8. The molecule has 1 aliphatic carbocycles. The van der Waals surface area contributed by atoms with Crippen LogP contribution in [0.15, 0.2) is 27.8 Å². The molecule has 0 radical (unpaired) electrons. The molecule has 5 nitrogen and oxygen atoms in total. The van der Waals surface area contributed by atoms with Gasteiger partial charge in [0.2, 0.25) is 0 Å². The maximum absolute atomic E-state index is 10.7. The molecule has 0 aromatic carbocycles. The molecule has 1 atom stereocenters. The van der Waals surface area contributed by atoms with Gasteiger partial charge in [-0.3, -0.25) is 0 Å². The van der Waals surface area contributed by atoms with E-state index in [4.69, 9.17) is 9.41 Å². The topological polar surface area (TPSA) is 61.0 Å². The van der Waals surface area contributed by atoms with Crippen molar-refractivity contribution in [3.8, 4) is 0 Å². The Balaban J connectivity index is 0.00000243. The van der Waals surface area contributed by atoms with Gasteiger partial charge in [-0.25, -0.2) is 4.99 Å². The molecule has 26 heavy (non-hydrogen) atoms. The van der Waals surface area contributed by atoms with Crippen LogP contribution in [0, 0.1) is 0 Å². The molecule has 2 aliphatic rings. The zero-order valence-corrected chi connectivity index (χ0v) is 19.0. The van der Waals surface area contributed by atoms with Crippen molar-refractivity contribution in [2.24, 2.45) is 4.99 Å². The van der Waals surface area contributed by atoms with Gasteiger partial charge in [0.1, 0.15) is 11.4 Å². The number of rotatable bonds is 4. The molecule has 0 amide bonds. The summed E-state index contributed by atoms with van der Waals surface area (Å²) in [6.07, 6.45) is 8.30. The lowest BCUT2D eigenvalue weighted by atomic mass is 9.87. The standard InChI is InChI=1S/C19H31N3O2S.HI/c1-3-20-17(21-14-18(2,23)16-8-7-12-24-16)22-11-13-25-19(15-22)9-5-4-6-10-19;/h7-8,12,23H,3-6,9-11,13-15H2,1-2H3,(H,20,21);1H. The summed E-state index contributed by atoms with van der Waals surface area (Å²) in [5.41, 5.74) is -1.09. The van der Waals surface area contributed by atoms with E-state index in [0.29, 0.717) is 17.1 Å². The Morgan fingerprint density at radius 1 is 1.42 bits per heavy atom. The minimum Gasteiger partial charge on any atom is -0.466 e. The first-order valence-corrected chi connectivity index (χ1v) is 10.5. The highest BCUT2D eigenvalue weighted by Gasteiger charge is 2.38.